The molecule has 0 fully saturated rings. The van der Waals surface area contributed by atoms with Gasteiger partial charge < -0.3 is 9.15 Å². The molecule has 0 aliphatic carbocycles. The lowest BCUT2D eigenvalue weighted by atomic mass is 10.2. The third kappa shape index (κ3) is 5.13. The van der Waals surface area contributed by atoms with E-state index in [-0.39, 0.29) is 16.3 Å². The Morgan fingerprint density at radius 2 is 1.86 bits per heavy atom. The quantitative estimate of drug-likeness (QED) is 0.320. The Bertz CT molecular complexity index is 1080. The number of ether oxygens (including phenoxy) is 1. The normalized spacial score (nSPS) is 10.7. The van der Waals surface area contributed by atoms with Gasteiger partial charge in [-0.1, -0.05) is 35.0 Å². The van der Waals surface area contributed by atoms with Crippen molar-refractivity contribution in [1.29, 1.82) is 0 Å². The van der Waals surface area contributed by atoms with E-state index in [0.717, 1.165) is 17.7 Å². The second-order valence-corrected chi connectivity index (χ2v) is 7.60. The van der Waals surface area contributed by atoms with Crippen LogP contribution in [-0.2, 0) is 5.75 Å². The average Bonchev–Trinajstić information content (AvgIpc) is 2.63. The third-order valence-corrected chi connectivity index (χ3v) is 4.94. The van der Waals surface area contributed by atoms with Crippen LogP contribution in [0.25, 0.3) is 0 Å². The number of esters is 1. The Labute approximate surface area is 174 Å². The number of aryl methyl sites for hydroxylation is 2. The lowest BCUT2D eigenvalue weighted by molar-refractivity contribution is 0.0729. The van der Waals surface area contributed by atoms with E-state index < -0.39 is 11.4 Å². The molecule has 1 aromatic carbocycles. The molecule has 0 aliphatic rings. The van der Waals surface area contributed by atoms with Gasteiger partial charge in [0.1, 0.15) is 12.0 Å². The lowest BCUT2D eigenvalue weighted by Crippen LogP contribution is -2.15. The minimum Gasteiger partial charge on any atom is -0.464 e. The fraction of sp³-hybridized carbons (Fsp3) is 0.158. The Kier molecular flexibility index (Phi) is 6.39. The fourth-order valence-corrected chi connectivity index (χ4v) is 3.50. The van der Waals surface area contributed by atoms with Crippen molar-refractivity contribution < 1.29 is 13.9 Å². The molecule has 0 saturated carbocycles. The van der Waals surface area contributed by atoms with Crippen molar-refractivity contribution in [3.05, 3.63) is 79.6 Å². The highest BCUT2D eigenvalue weighted by Crippen LogP contribution is 2.23. The van der Waals surface area contributed by atoms with Crippen LogP contribution in [0.4, 0.5) is 0 Å². The van der Waals surface area contributed by atoms with Crippen LogP contribution in [0.2, 0.25) is 10.0 Å². The highest BCUT2D eigenvalue weighted by molar-refractivity contribution is 7.98. The highest BCUT2D eigenvalue weighted by Gasteiger charge is 2.16. The van der Waals surface area contributed by atoms with Crippen LogP contribution < -0.4 is 10.2 Å². The molecule has 144 valence electrons. The number of thioether (sulfide) groups is 1. The number of nitrogens with zero attached hydrogens (tertiary/aromatic N) is 2. The summed E-state index contributed by atoms with van der Waals surface area (Å²) >= 11 is 13.2. The second kappa shape index (κ2) is 8.77. The van der Waals surface area contributed by atoms with Gasteiger partial charge in [-0.25, -0.2) is 14.8 Å². The van der Waals surface area contributed by atoms with Crippen LogP contribution in [0.1, 0.15) is 27.5 Å². The van der Waals surface area contributed by atoms with Gasteiger partial charge >= 0.3 is 5.97 Å². The van der Waals surface area contributed by atoms with E-state index in [2.05, 4.69) is 9.97 Å². The molecular formula is C19H14Cl2N2O4S. The van der Waals surface area contributed by atoms with Crippen molar-refractivity contribution in [1.82, 2.24) is 9.97 Å². The molecular weight excluding hydrogens is 423 g/mol. The number of carbonyl (C=O) groups excluding carboxylic acids is 1. The summed E-state index contributed by atoms with van der Waals surface area (Å²) in [4.78, 5) is 33.1. The largest absolute Gasteiger partial charge is 0.464 e. The zero-order valence-electron chi connectivity index (χ0n) is 14.9. The van der Waals surface area contributed by atoms with E-state index in [1.54, 1.807) is 6.07 Å². The average molecular weight is 437 g/mol. The number of aromatic nitrogens is 2. The zero-order chi connectivity index (χ0) is 20.3. The molecule has 0 atom stereocenters. The summed E-state index contributed by atoms with van der Waals surface area (Å²) in [6, 6.07) is 7.51. The van der Waals surface area contributed by atoms with Crippen LogP contribution in [0.5, 0.6) is 5.75 Å². The molecule has 0 saturated heterocycles. The Hall–Kier alpha value is -2.35. The van der Waals surface area contributed by atoms with Crippen LogP contribution in [0.3, 0.4) is 0 Å². The maximum absolute atomic E-state index is 12.2. The number of hydrogen-bond acceptors (Lipinski definition) is 7. The van der Waals surface area contributed by atoms with E-state index in [1.165, 1.54) is 30.0 Å². The summed E-state index contributed by atoms with van der Waals surface area (Å²) in [7, 11) is 0. The first kappa shape index (κ1) is 20.4. The van der Waals surface area contributed by atoms with Crippen LogP contribution in [0.15, 0.2) is 51.0 Å². The number of carbonyl (C=O) groups is 1. The van der Waals surface area contributed by atoms with Crippen LogP contribution >= 0.6 is 35.0 Å². The second-order valence-electron chi connectivity index (χ2n) is 5.81. The van der Waals surface area contributed by atoms with Gasteiger partial charge in [-0.15, -0.1) is 0 Å². The Morgan fingerprint density at radius 1 is 1.14 bits per heavy atom. The lowest BCUT2D eigenvalue weighted by Gasteiger charge is -2.06. The predicted molar refractivity (Wildman–Crippen MR) is 107 cm³/mol. The molecule has 9 heteroatoms. The first-order valence-electron chi connectivity index (χ1n) is 8.06. The minimum atomic E-state index is -0.800. The maximum Gasteiger partial charge on any atom is 0.345 e. The van der Waals surface area contributed by atoms with Crippen molar-refractivity contribution >= 4 is 40.9 Å². The van der Waals surface area contributed by atoms with Crippen molar-refractivity contribution in [2.75, 3.05) is 0 Å². The fourth-order valence-electron chi connectivity index (χ4n) is 2.29. The first-order chi connectivity index (χ1) is 13.3. The molecule has 0 N–H and O–H groups in total. The zero-order valence-corrected chi connectivity index (χ0v) is 17.2. The summed E-state index contributed by atoms with van der Waals surface area (Å²) in [5, 5.41) is 1.08. The van der Waals surface area contributed by atoms with E-state index >= 15 is 0 Å². The van der Waals surface area contributed by atoms with Crippen molar-refractivity contribution in [3.63, 3.8) is 0 Å². The summed E-state index contributed by atoms with van der Waals surface area (Å²) < 4.78 is 10.5. The smallest absolute Gasteiger partial charge is 0.345 e. The highest BCUT2D eigenvalue weighted by atomic mass is 35.5. The number of halogens is 2. The van der Waals surface area contributed by atoms with Crippen molar-refractivity contribution in [3.8, 4) is 5.75 Å². The van der Waals surface area contributed by atoms with Crippen LogP contribution in [0, 0.1) is 13.8 Å². The van der Waals surface area contributed by atoms with Gasteiger partial charge in [-0.2, -0.15) is 0 Å². The monoisotopic (exact) mass is 436 g/mol. The molecule has 0 radical (unpaired) electrons. The van der Waals surface area contributed by atoms with Gasteiger partial charge in [0, 0.05) is 22.5 Å². The van der Waals surface area contributed by atoms with E-state index in [4.69, 9.17) is 32.4 Å². The van der Waals surface area contributed by atoms with E-state index in [9.17, 15) is 9.59 Å². The summed E-state index contributed by atoms with van der Waals surface area (Å²) in [5.74, 6) is -0.284. The molecule has 28 heavy (non-hydrogen) atoms. The van der Waals surface area contributed by atoms with Gasteiger partial charge in [-0.3, -0.25) is 4.79 Å². The van der Waals surface area contributed by atoms with Crippen molar-refractivity contribution in [2.24, 2.45) is 0 Å². The van der Waals surface area contributed by atoms with Gasteiger partial charge in [0.05, 0.1) is 16.3 Å². The molecule has 2 aromatic heterocycles. The van der Waals surface area contributed by atoms with Gasteiger partial charge in [0.25, 0.3) is 0 Å². The Morgan fingerprint density at radius 3 is 2.54 bits per heavy atom. The third-order valence-electron chi connectivity index (χ3n) is 3.51. The van der Waals surface area contributed by atoms with Crippen LogP contribution in [-0.4, -0.2) is 15.9 Å². The minimum absolute atomic E-state index is 0.0557. The first-order valence-corrected chi connectivity index (χ1v) is 9.80. The van der Waals surface area contributed by atoms with Gasteiger partial charge in [0.2, 0.25) is 11.2 Å². The SMILES string of the molecule is Cc1cc(C)nc(SCc2cc(=O)c(OC(=O)c3cc(Cl)ccc3Cl)co2)n1. The molecule has 3 rings (SSSR count). The molecule has 0 unspecified atom stereocenters. The number of benzene rings is 1. The van der Waals surface area contributed by atoms with E-state index in [1.807, 2.05) is 19.9 Å². The number of rotatable bonds is 5. The molecule has 6 nitrogen and oxygen atoms in total. The predicted octanol–water partition coefficient (Wildman–Crippen LogP) is 4.86. The summed E-state index contributed by atoms with van der Waals surface area (Å²) in [6.45, 7) is 3.77. The standard InChI is InChI=1S/C19H14Cl2N2O4S/c1-10-5-11(2)23-19(22-10)28-9-13-7-16(24)17(8-26-13)27-18(25)14-6-12(20)3-4-15(14)21/h3-8H,9H2,1-2H3. The number of hydrogen-bond donors (Lipinski definition) is 0. The van der Waals surface area contributed by atoms with E-state index in [0.29, 0.717) is 21.7 Å². The molecule has 0 bridgehead atoms. The molecule has 0 amide bonds. The van der Waals surface area contributed by atoms with Crippen molar-refractivity contribution in [2.45, 2.75) is 24.8 Å². The van der Waals surface area contributed by atoms with Gasteiger partial charge in [-0.05, 0) is 38.1 Å². The molecule has 3 aromatic rings. The Balaban J connectivity index is 1.71. The summed E-state index contributed by atoms with van der Waals surface area (Å²) in [5.41, 5.74) is 1.28. The molecule has 0 aliphatic heterocycles. The molecule has 0 spiro atoms. The van der Waals surface area contributed by atoms with Gasteiger partial charge in [0.15, 0.2) is 5.16 Å². The maximum atomic E-state index is 12.2. The topological polar surface area (TPSA) is 82.3 Å². The molecule has 2 heterocycles. The summed E-state index contributed by atoms with van der Waals surface area (Å²) in [6.07, 6.45) is 1.09.